The quantitative estimate of drug-likeness (QED) is 0.297. The molecule has 2 aromatic rings. The number of carbonyl (C=O) groups is 3. The Balaban J connectivity index is 1.94. The highest BCUT2D eigenvalue weighted by molar-refractivity contribution is 8.29. The van der Waals surface area contributed by atoms with E-state index in [-0.39, 0.29) is 21.4 Å². The van der Waals surface area contributed by atoms with Gasteiger partial charge in [-0.15, -0.1) is 0 Å². The molecule has 12 heteroatoms. The van der Waals surface area contributed by atoms with Crippen LogP contribution in [0.2, 0.25) is 0 Å². The molecule has 192 valence electrons. The Morgan fingerprint density at radius 1 is 1.05 bits per heavy atom. The molecule has 0 atom stereocenters. The molecule has 9 nitrogen and oxygen atoms in total. The van der Waals surface area contributed by atoms with Crippen LogP contribution in [0.3, 0.4) is 0 Å². The third kappa shape index (κ3) is 4.76. The number of methoxy groups -OCH3 is 2. The zero-order valence-corrected chi connectivity index (χ0v) is 23.1. The number of hydrogen-bond donors (Lipinski definition) is 0. The van der Waals surface area contributed by atoms with E-state index in [0.29, 0.717) is 38.3 Å². The smallest absolute Gasteiger partial charge is 0.346 e. The molecular formula is C25H23N3O6S3. The summed E-state index contributed by atoms with van der Waals surface area (Å²) < 4.78 is 16.1. The highest BCUT2D eigenvalue weighted by atomic mass is 32.2. The highest BCUT2D eigenvalue weighted by Crippen LogP contribution is 2.56. The number of rotatable bonds is 5. The van der Waals surface area contributed by atoms with E-state index in [1.165, 1.54) is 32.8 Å². The molecule has 2 aliphatic heterocycles. The van der Waals surface area contributed by atoms with Crippen LogP contribution in [-0.4, -0.2) is 59.0 Å². The number of ether oxygens (including phenoxy) is 3. The van der Waals surface area contributed by atoms with Crippen LogP contribution in [0.5, 0.6) is 5.75 Å². The van der Waals surface area contributed by atoms with Crippen LogP contribution >= 0.6 is 35.7 Å². The molecule has 0 saturated heterocycles. The summed E-state index contributed by atoms with van der Waals surface area (Å²) in [6.07, 6.45) is 4.35. The van der Waals surface area contributed by atoms with Crippen molar-refractivity contribution in [2.45, 2.75) is 26.3 Å². The molecule has 0 N–H and O–H groups in total. The van der Waals surface area contributed by atoms with Crippen LogP contribution in [0, 0.1) is 0 Å². The van der Waals surface area contributed by atoms with Gasteiger partial charge in [-0.1, -0.05) is 35.7 Å². The first kappa shape index (κ1) is 26.8. The average molecular weight is 558 g/mol. The number of thiocarbonyl (C=S) groups is 1. The maximum absolute atomic E-state index is 13.7. The van der Waals surface area contributed by atoms with E-state index in [0.717, 1.165) is 23.5 Å². The van der Waals surface area contributed by atoms with Gasteiger partial charge in [0, 0.05) is 23.5 Å². The van der Waals surface area contributed by atoms with Gasteiger partial charge in [0.15, 0.2) is 0 Å². The SMILES string of the molecule is CCOc1ccc2c(c1)C(=C1SC(C(=O)OC)=C(C(=O)OC)S1)C(=S)C(C)(C)N2C(=O)c1cnccn1. The third-order valence-corrected chi connectivity index (χ3v) is 8.92. The molecular weight excluding hydrogens is 534 g/mol. The summed E-state index contributed by atoms with van der Waals surface area (Å²) in [4.78, 5) is 49.2. The van der Waals surface area contributed by atoms with Crippen molar-refractivity contribution in [3.63, 3.8) is 0 Å². The number of thioether (sulfide) groups is 2. The summed E-state index contributed by atoms with van der Waals surface area (Å²) in [5.74, 6) is -1.10. The van der Waals surface area contributed by atoms with E-state index in [9.17, 15) is 14.4 Å². The lowest BCUT2D eigenvalue weighted by Gasteiger charge is -2.45. The Morgan fingerprint density at radius 2 is 1.70 bits per heavy atom. The molecule has 0 spiro atoms. The molecule has 4 rings (SSSR count). The second kappa shape index (κ2) is 10.6. The Kier molecular flexibility index (Phi) is 7.72. The maximum Gasteiger partial charge on any atom is 0.346 e. The highest BCUT2D eigenvalue weighted by Gasteiger charge is 2.46. The second-order valence-corrected chi connectivity index (χ2v) is 10.9. The number of fused-ring (bicyclic) bond motifs is 1. The fourth-order valence-electron chi connectivity index (χ4n) is 3.94. The molecule has 0 aliphatic carbocycles. The normalized spacial score (nSPS) is 16.5. The summed E-state index contributed by atoms with van der Waals surface area (Å²) >= 11 is 8.16. The minimum Gasteiger partial charge on any atom is -0.494 e. The fourth-order valence-corrected chi connectivity index (χ4v) is 6.98. The first-order chi connectivity index (χ1) is 17.6. The van der Waals surface area contributed by atoms with Gasteiger partial charge in [-0.2, -0.15) is 0 Å². The number of aromatic nitrogens is 2. The van der Waals surface area contributed by atoms with Crippen molar-refractivity contribution in [3.05, 3.63) is 62.1 Å². The zero-order chi connectivity index (χ0) is 26.9. The molecule has 1 amide bonds. The largest absolute Gasteiger partial charge is 0.494 e. The number of benzene rings is 1. The summed E-state index contributed by atoms with van der Waals surface area (Å²) in [6.45, 7) is 5.98. The van der Waals surface area contributed by atoms with Crippen LogP contribution in [0.25, 0.3) is 5.57 Å². The van der Waals surface area contributed by atoms with Crippen LogP contribution in [-0.2, 0) is 19.1 Å². The van der Waals surface area contributed by atoms with Crippen molar-refractivity contribution < 1.29 is 28.6 Å². The van der Waals surface area contributed by atoms with Crippen molar-refractivity contribution in [1.29, 1.82) is 0 Å². The number of nitrogens with zero attached hydrogens (tertiary/aromatic N) is 3. The minimum absolute atomic E-state index is 0.114. The summed E-state index contributed by atoms with van der Waals surface area (Å²) in [7, 11) is 2.49. The molecule has 37 heavy (non-hydrogen) atoms. The topological polar surface area (TPSA) is 108 Å². The Bertz CT molecular complexity index is 1340. The molecule has 0 fully saturated rings. The zero-order valence-electron chi connectivity index (χ0n) is 20.7. The van der Waals surface area contributed by atoms with Crippen molar-refractivity contribution in [2.75, 3.05) is 25.7 Å². The van der Waals surface area contributed by atoms with E-state index < -0.39 is 17.5 Å². The summed E-state index contributed by atoms with van der Waals surface area (Å²) in [6, 6.07) is 5.37. The maximum atomic E-state index is 13.7. The standard InChI is InChI=1S/C25H23N3O6S3/c1-6-34-13-7-8-16-14(11-13)17(24-36-18(22(30)32-4)19(37-24)23(31)33-5)20(35)25(2,3)28(16)21(29)15-12-26-9-10-27-15/h7-12H,6H2,1-5H3. The predicted molar refractivity (Wildman–Crippen MR) is 146 cm³/mol. The van der Waals surface area contributed by atoms with Gasteiger partial charge in [-0.3, -0.25) is 14.7 Å². The van der Waals surface area contributed by atoms with Gasteiger partial charge in [0.05, 0.1) is 47.4 Å². The Morgan fingerprint density at radius 3 is 2.24 bits per heavy atom. The van der Waals surface area contributed by atoms with Gasteiger partial charge in [-0.25, -0.2) is 14.6 Å². The van der Waals surface area contributed by atoms with Crippen LogP contribution in [0.4, 0.5) is 5.69 Å². The Hall–Kier alpha value is -3.22. The summed E-state index contributed by atoms with van der Waals surface area (Å²) in [5.41, 5.74) is 1.01. The third-order valence-electron chi connectivity index (χ3n) is 5.66. The predicted octanol–water partition coefficient (Wildman–Crippen LogP) is 4.39. The molecule has 1 aromatic carbocycles. The first-order valence-electron chi connectivity index (χ1n) is 11.1. The van der Waals surface area contributed by atoms with E-state index >= 15 is 0 Å². The van der Waals surface area contributed by atoms with E-state index in [4.69, 9.17) is 26.4 Å². The van der Waals surface area contributed by atoms with Crippen LogP contribution in [0.1, 0.15) is 36.8 Å². The average Bonchev–Trinajstić information content (AvgIpc) is 3.34. The van der Waals surface area contributed by atoms with Gasteiger partial charge in [0.1, 0.15) is 21.3 Å². The number of carbonyl (C=O) groups excluding carboxylic acids is 3. The van der Waals surface area contributed by atoms with E-state index in [1.54, 1.807) is 23.1 Å². The lowest BCUT2D eigenvalue weighted by molar-refractivity contribution is -0.138. The van der Waals surface area contributed by atoms with E-state index in [1.807, 2.05) is 20.8 Å². The first-order valence-corrected chi connectivity index (χ1v) is 13.1. The van der Waals surface area contributed by atoms with Crippen molar-refractivity contribution in [1.82, 2.24) is 9.97 Å². The molecule has 0 unspecified atom stereocenters. The van der Waals surface area contributed by atoms with Crippen LogP contribution < -0.4 is 9.64 Å². The monoisotopic (exact) mass is 557 g/mol. The second-order valence-electron chi connectivity index (χ2n) is 8.24. The van der Waals surface area contributed by atoms with Crippen molar-refractivity contribution in [3.8, 4) is 5.75 Å². The summed E-state index contributed by atoms with van der Waals surface area (Å²) in [5, 5.41) is 0. The molecule has 0 saturated carbocycles. The fraction of sp³-hybridized carbons (Fsp3) is 0.280. The lowest BCUT2D eigenvalue weighted by Crippen LogP contribution is -2.56. The number of amides is 1. The molecule has 0 bridgehead atoms. The number of hydrogen-bond acceptors (Lipinski definition) is 11. The van der Waals surface area contributed by atoms with Gasteiger partial charge >= 0.3 is 11.9 Å². The van der Waals surface area contributed by atoms with Crippen molar-refractivity contribution >= 4 is 69.7 Å². The van der Waals surface area contributed by atoms with Crippen molar-refractivity contribution in [2.24, 2.45) is 0 Å². The number of esters is 2. The number of anilines is 1. The van der Waals surface area contributed by atoms with Gasteiger partial charge in [0.25, 0.3) is 5.91 Å². The molecule has 0 radical (unpaired) electrons. The molecule has 1 aromatic heterocycles. The van der Waals surface area contributed by atoms with Gasteiger partial charge in [-0.05, 0) is 39.0 Å². The molecule has 2 aliphatic rings. The lowest BCUT2D eigenvalue weighted by atomic mass is 9.83. The van der Waals surface area contributed by atoms with Gasteiger partial charge < -0.3 is 14.2 Å². The minimum atomic E-state index is -0.979. The van der Waals surface area contributed by atoms with Crippen LogP contribution in [0.15, 0.2) is 50.8 Å². The molecule has 3 heterocycles. The van der Waals surface area contributed by atoms with Gasteiger partial charge in [0.2, 0.25) is 0 Å². The Labute approximate surface area is 227 Å². The van der Waals surface area contributed by atoms with E-state index in [2.05, 4.69) is 9.97 Å².